The van der Waals surface area contributed by atoms with Crippen molar-refractivity contribution in [2.24, 2.45) is 7.05 Å². The maximum Gasteiger partial charge on any atom is 0.222 e. The molecule has 0 N–H and O–H groups in total. The van der Waals surface area contributed by atoms with Crippen LogP contribution in [0.15, 0.2) is 30.3 Å². The number of para-hydroxylation sites is 1. The first kappa shape index (κ1) is 13.2. The topological polar surface area (TPSA) is 25.2 Å². The van der Waals surface area contributed by atoms with Crippen molar-refractivity contribution in [3.8, 4) is 0 Å². The summed E-state index contributed by atoms with van der Waals surface area (Å²) in [7, 11) is 2.13. The van der Waals surface area contributed by atoms with E-state index in [1.165, 1.54) is 16.6 Å². The molecule has 0 aliphatic carbocycles. The lowest BCUT2D eigenvalue weighted by Crippen LogP contribution is -2.28. The summed E-state index contributed by atoms with van der Waals surface area (Å²) in [5.41, 5.74) is 2.64. The van der Waals surface area contributed by atoms with Crippen LogP contribution in [0.25, 0.3) is 10.9 Å². The second-order valence-electron chi connectivity index (χ2n) is 5.76. The Bertz CT molecular complexity index is 629. The van der Waals surface area contributed by atoms with E-state index in [1.54, 1.807) is 0 Å². The van der Waals surface area contributed by atoms with Crippen LogP contribution >= 0.6 is 0 Å². The molecule has 1 fully saturated rings. The maximum atomic E-state index is 12.0. The first-order valence-corrected chi connectivity index (χ1v) is 7.53. The molecular formula is C17H22N2O. The highest BCUT2D eigenvalue weighted by Gasteiger charge is 2.28. The Hall–Kier alpha value is -1.77. The van der Waals surface area contributed by atoms with Gasteiger partial charge in [0.15, 0.2) is 0 Å². The summed E-state index contributed by atoms with van der Waals surface area (Å²) in [5.74, 6) is 0.793. The lowest BCUT2D eigenvalue weighted by molar-refractivity contribution is -0.130. The molecule has 1 saturated heterocycles. The van der Waals surface area contributed by atoms with E-state index in [0.717, 1.165) is 25.9 Å². The van der Waals surface area contributed by atoms with Gasteiger partial charge in [-0.25, -0.2) is 0 Å². The number of fused-ring (bicyclic) bond motifs is 1. The van der Waals surface area contributed by atoms with Gasteiger partial charge in [-0.2, -0.15) is 0 Å². The molecule has 1 amide bonds. The Kier molecular flexibility index (Phi) is 3.51. The van der Waals surface area contributed by atoms with E-state index in [1.807, 2.05) is 4.90 Å². The lowest BCUT2D eigenvalue weighted by atomic mass is 10.0. The fourth-order valence-electron chi connectivity index (χ4n) is 3.30. The highest BCUT2D eigenvalue weighted by Crippen LogP contribution is 2.31. The predicted octanol–water partition coefficient (Wildman–Crippen LogP) is 3.29. The highest BCUT2D eigenvalue weighted by molar-refractivity contribution is 5.81. The van der Waals surface area contributed by atoms with Crippen LogP contribution < -0.4 is 0 Å². The Morgan fingerprint density at radius 1 is 1.35 bits per heavy atom. The number of amides is 1. The quantitative estimate of drug-likeness (QED) is 0.840. The Labute approximate surface area is 120 Å². The third-order valence-corrected chi connectivity index (χ3v) is 4.41. The van der Waals surface area contributed by atoms with Crippen molar-refractivity contribution in [2.45, 2.75) is 32.1 Å². The SMILES string of the molecule is CCCC(=O)N1CCC(c2cc3ccccc3n2C)C1. The number of hydrogen-bond donors (Lipinski definition) is 0. The van der Waals surface area contributed by atoms with Crippen molar-refractivity contribution in [3.63, 3.8) is 0 Å². The van der Waals surface area contributed by atoms with E-state index in [-0.39, 0.29) is 0 Å². The number of benzene rings is 1. The number of rotatable bonds is 3. The normalized spacial score (nSPS) is 18.9. The van der Waals surface area contributed by atoms with E-state index < -0.39 is 0 Å². The molecule has 20 heavy (non-hydrogen) atoms. The van der Waals surface area contributed by atoms with E-state index in [0.29, 0.717) is 18.2 Å². The molecule has 3 heteroatoms. The molecule has 1 aromatic carbocycles. The van der Waals surface area contributed by atoms with Crippen LogP contribution in [0.1, 0.15) is 37.8 Å². The number of aryl methyl sites for hydroxylation is 1. The van der Waals surface area contributed by atoms with E-state index in [2.05, 4.69) is 48.9 Å². The molecule has 0 saturated carbocycles. The molecule has 0 bridgehead atoms. The Balaban J connectivity index is 1.83. The summed E-state index contributed by atoms with van der Waals surface area (Å²) >= 11 is 0. The van der Waals surface area contributed by atoms with Gasteiger partial charge in [0.05, 0.1) is 0 Å². The molecule has 3 rings (SSSR count). The zero-order valence-corrected chi connectivity index (χ0v) is 12.3. The number of carbonyl (C=O) groups excluding carboxylic acids is 1. The molecule has 1 aliphatic rings. The van der Waals surface area contributed by atoms with Crippen LogP contribution in [0.5, 0.6) is 0 Å². The summed E-state index contributed by atoms with van der Waals surface area (Å²) in [6.45, 7) is 3.85. The van der Waals surface area contributed by atoms with Crippen LogP contribution in [0.3, 0.4) is 0 Å². The van der Waals surface area contributed by atoms with Crippen molar-refractivity contribution in [3.05, 3.63) is 36.0 Å². The van der Waals surface area contributed by atoms with E-state index >= 15 is 0 Å². The van der Waals surface area contributed by atoms with Gasteiger partial charge in [-0.15, -0.1) is 0 Å². The van der Waals surface area contributed by atoms with Gasteiger partial charge in [0.2, 0.25) is 5.91 Å². The van der Waals surface area contributed by atoms with Gasteiger partial charge in [-0.3, -0.25) is 4.79 Å². The number of nitrogens with zero attached hydrogens (tertiary/aromatic N) is 2. The summed E-state index contributed by atoms with van der Waals surface area (Å²) in [6.07, 6.45) is 2.70. The van der Waals surface area contributed by atoms with Gasteiger partial charge in [-0.05, 0) is 30.4 Å². The standard InChI is InChI=1S/C17H22N2O/c1-3-6-17(20)19-10-9-14(12-19)16-11-13-7-4-5-8-15(13)18(16)2/h4-5,7-8,11,14H,3,6,9-10,12H2,1-2H3. The molecule has 1 atom stereocenters. The van der Waals surface area contributed by atoms with Crippen LogP contribution in [0, 0.1) is 0 Å². The van der Waals surface area contributed by atoms with Crippen molar-refractivity contribution in [1.82, 2.24) is 9.47 Å². The van der Waals surface area contributed by atoms with Crippen LogP contribution in [0.4, 0.5) is 0 Å². The molecule has 2 heterocycles. The molecule has 1 aliphatic heterocycles. The lowest BCUT2D eigenvalue weighted by Gasteiger charge is -2.16. The van der Waals surface area contributed by atoms with Crippen molar-refractivity contribution in [1.29, 1.82) is 0 Å². The van der Waals surface area contributed by atoms with Gasteiger partial charge in [-0.1, -0.05) is 25.1 Å². The maximum absolute atomic E-state index is 12.0. The van der Waals surface area contributed by atoms with Gasteiger partial charge in [0.1, 0.15) is 0 Å². The third kappa shape index (κ3) is 2.21. The molecule has 0 radical (unpaired) electrons. The molecule has 0 spiro atoms. The number of carbonyl (C=O) groups is 1. The molecule has 1 aromatic heterocycles. The average molecular weight is 270 g/mol. The number of hydrogen-bond acceptors (Lipinski definition) is 1. The molecule has 106 valence electrons. The monoisotopic (exact) mass is 270 g/mol. The van der Waals surface area contributed by atoms with Gasteiger partial charge < -0.3 is 9.47 Å². The molecule has 3 nitrogen and oxygen atoms in total. The Morgan fingerprint density at radius 3 is 2.90 bits per heavy atom. The second kappa shape index (κ2) is 5.31. The zero-order chi connectivity index (χ0) is 14.1. The molecule has 2 aromatic rings. The van der Waals surface area contributed by atoms with Gasteiger partial charge in [0, 0.05) is 43.7 Å². The van der Waals surface area contributed by atoms with Crippen molar-refractivity contribution in [2.75, 3.05) is 13.1 Å². The molecular weight excluding hydrogens is 248 g/mol. The number of aromatic nitrogens is 1. The fraction of sp³-hybridized carbons (Fsp3) is 0.471. The summed E-state index contributed by atoms with van der Waals surface area (Å²) in [6, 6.07) is 10.8. The fourth-order valence-corrected chi connectivity index (χ4v) is 3.30. The van der Waals surface area contributed by atoms with Gasteiger partial charge >= 0.3 is 0 Å². The minimum atomic E-state index is 0.314. The van der Waals surface area contributed by atoms with E-state index in [4.69, 9.17) is 0 Å². The van der Waals surface area contributed by atoms with Crippen LogP contribution in [-0.2, 0) is 11.8 Å². The second-order valence-corrected chi connectivity index (χ2v) is 5.76. The molecule has 1 unspecified atom stereocenters. The zero-order valence-electron chi connectivity index (χ0n) is 12.3. The predicted molar refractivity (Wildman–Crippen MR) is 81.8 cm³/mol. The first-order chi connectivity index (χ1) is 9.70. The van der Waals surface area contributed by atoms with Crippen LogP contribution in [-0.4, -0.2) is 28.5 Å². The van der Waals surface area contributed by atoms with Crippen molar-refractivity contribution < 1.29 is 4.79 Å². The van der Waals surface area contributed by atoms with Gasteiger partial charge in [0.25, 0.3) is 0 Å². The number of likely N-dealkylation sites (tertiary alicyclic amines) is 1. The summed E-state index contributed by atoms with van der Waals surface area (Å²) in [5, 5.41) is 1.29. The van der Waals surface area contributed by atoms with E-state index in [9.17, 15) is 4.79 Å². The first-order valence-electron chi connectivity index (χ1n) is 7.53. The van der Waals surface area contributed by atoms with Crippen molar-refractivity contribution >= 4 is 16.8 Å². The largest absolute Gasteiger partial charge is 0.347 e. The third-order valence-electron chi connectivity index (χ3n) is 4.41. The average Bonchev–Trinajstić information content (AvgIpc) is 3.05. The Morgan fingerprint density at radius 2 is 2.15 bits per heavy atom. The highest BCUT2D eigenvalue weighted by atomic mass is 16.2. The smallest absolute Gasteiger partial charge is 0.222 e. The minimum Gasteiger partial charge on any atom is -0.347 e. The summed E-state index contributed by atoms with van der Waals surface area (Å²) < 4.78 is 2.29. The van der Waals surface area contributed by atoms with Crippen LogP contribution in [0.2, 0.25) is 0 Å². The minimum absolute atomic E-state index is 0.314. The summed E-state index contributed by atoms with van der Waals surface area (Å²) in [4.78, 5) is 14.0.